The molecule has 2 atom stereocenters. The number of hydrogen-bond acceptors (Lipinski definition) is 5. The monoisotopic (exact) mass is 430 g/mol. The van der Waals surface area contributed by atoms with Crippen LogP contribution in [0.5, 0.6) is 0 Å². The van der Waals surface area contributed by atoms with Crippen molar-refractivity contribution in [3.05, 3.63) is 35.9 Å². The Labute approximate surface area is 182 Å². The van der Waals surface area contributed by atoms with Crippen LogP contribution < -0.4 is 10.6 Å². The van der Waals surface area contributed by atoms with Crippen LogP contribution in [0, 0.1) is 17.2 Å². The fourth-order valence-corrected chi connectivity index (χ4v) is 3.49. The molecule has 1 aliphatic heterocycles. The summed E-state index contributed by atoms with van der Waals surface area (Å²) in [6, 6.07) is 11.4. The smallest absolute Gasteiger partial charge is 0.408 e. The molecule has 2 rings (SSSR count). The Morgan fingerprint density at radius 1 is 1.26 bits per heavy atom. The summed E-state index contributed by atoms with van der Waals surface area (Å²) >= 11 is 0. The zero-order valence-electron chi connectivity index (χ0n) is 18.0. The van der Waals surface area contributed by atoms with Crippen molar-refractivity contribution in [1.82, 2.24) is 15.5 Å². The van der Waals surface area contributed by atoms with Crippen LogP contribution >= 0.6 is 0 Å². The topological polar surface area (TPSA) is 132 Å². The maximum atomic E-state index is 13.0. The van der Waals surface area contributed by atoms with Crippen LogP contribution in [-0.2, 0) is 16.1 Å². The van der Waals surface area contributed by atoms with Gasteiger partial charge in [0.15, 0.2) is 6.10 Å². The highest BCUT2D eigenvalue weighted by Gasteiger charge is 2.39. The van der Waals surface area contributed by atoms with E-state index in [1.807, 2.05) is 44.2 Å². The van der Waals surface area contributed by atoms with Gasteiger partial charge in [-0.1, -0.05) is 44.2 Å². The highest BCUT2D eigenvalue weighted by atomic mass is 16.6. The second-order valence-corrected chi connectivity index (χ2v) is 8.21. The molecule has 9 heteroatoms. The van der Waals surface area contributed by atoms with E-state index in [-0.39, 0.29) is 25.4 Å². The van der Waals surface area contributed by atoms with E-state index in [0.717, 1.165) is 10.5 Å². The predicted octanol–water partition coefficient (Wildman–Crippen LogP) is 2.87. The third kappa shape index (κ3) is 7.48. The number of ether oxygens (including phenoxy) is 1. The summed E-state index contributed by atoms with van der Waals surface area (Å²) in [6.45, 7) is 4.22. The SMILES string of the molecule is CC(C)CC(OC(=O)NCc1ccccc1)C(=O)NC1(C#N)CCCCN(C(=O)O)C1. The number of hydrogen-bond donors (Lipinski definition) is 3. The first kappa shape index (κ1) is 24.0. The third-order valence-electron chi connectivity index (χ3n) is 5.10. The van der Waals surface area contributed by atoms with E-state index in [4.69, 9.17) is 4.74 Å². The highest BCUT2D eigenvalue weighted by molar-refractivity contribution is 5.84. The van der Waals surface area contributed by atoms with Gasteiger partial charge in [-0.15, -0.1) is 0 Å². The van der Waals surface area contributed by atoms with Gasteiger partial charge in [-0.3, -0.25) is 4.79 Å². The number of carbonyl (C=O) groups is 3. The van der Waals surface area contributed by atoms with Crippen LogP contribution in [0.1, 0.15) is 45.1 Å². The van der Waals surface area contributed by atoms with Gasteiger partial charge in [-0.25, -0.2) is 9.59 Å². The number of nitriles is 1. The van der Waals surface area contributed by atoms with E-state index in [1.165, 1.54) is 0 Å². The number of amides is 3. The Bertz CT molecular complexity index is 808. The van der Waals surface area contributed by atoms with Gasteiger partial charge < -0.3 is 25.4 Å². The number of benzene rings is 1. The highest BCUT2D eigenvalue weighted by Crippen LogP contribution is 2.22. The van der Waals surface area contributed by atoms with Crippen molar-refractivity contribution in [1.29, 1.82) is 5.26 Å². The molecule has 0 aromatic heterocycles. The first-order chi connectivity index (χ1) is 14.7. The maximum absolute atomic E-state index is 13.0. The third-order valence-corrected chi connectivity index (χ3v) is 5.10. The van der Waals surface area contributed by atoms with E-state index in [0.29, 0.717) is 25.8 Å². The lowest BCUT2D eigenvalue weighted by Gasteiger charge is -2.31. The minimum atomic E-state index is -1.36. The largest absolute Gasteiger partial charge is 0.465 e. The molecule has 1 aromatic carbocycles. The van der Waals surface area contributed by atoms with Crippen LogP contribution in [0.4, 0.5) is 9.59 Å². The van der Waals surface area contributed by atoms with Crippen molar-refractivity contribution in [3.8, 4) is 6.07 Å². The van der Waals surface area contributed by atoms with Crippen molar-refractivity contribution in [2.75, 3.05) is 13.1 Å². The maximum Gasteiger partial charge on any atom is 0.408 e. The van der Waals surface area contributed by atoms with Crippen molar-refractivity contribution in [2.24, 2.45) is 5.92 Å². The van der Waals surface area contributed by atoms with Gasteiger partial charge in [0, 0.05) is 13.1 Å². The first-order valence-electron chi connectivity index (χ1n) is 10.4. The first-order valence-corrected chi connectivity index (χ1v) is 10.4. The summed E-state index contributed by atoms with van der Waals surface area (Å²) in [5.41, 5.74) is -0.467. The van der Waals surface area contributed by atoms with E-state index in [1.54, 1.807) is 0 Å². The summed E-state index contributed by atoms with van der Waals surface area (Å²) in [4.78, 5) is 37.8. The van der Waals surface area contributed by atoms with Crippen LogP contribution in [0.25, 0.3) is 0 Å². The minimum absolute atomic E-state index is 0.0559. The molecule has 168 valence electrons. The molecule has 1 aliphatic rings. The predicted molar refractivity (Wildman–Crippen MR) is 113 cm³/mol. The summed E-state index contributed by atoms with van der Waals surface area (Å²) in [7, 11) is 0. The van der Waals surface area contributed by atoms with E-state index < -0.39 is 29.7 Å². The molecule has 3 N–H and O–H groups in total. The number of rotatable bonds is 7. The van der Waals surface area contributed by atoms with Crippen LogP contribution in [0.2, 0.25) is 0 Å². The molecule has 2 unspecified atom stereocenters. The Kier molecular flexibility index (Phi) is 8.67. The van der Waals surface area contributed by atoms with Crippen molar-refractivity contribution < 1.29 is 24.2 Å². The Hall–Kier alpha value is -3.28. The number of carbonyl (C=O) groups excluding carboxylic acids is 2. The molecule has 3 amide bonds. The molecule has 1 heterocycles. The Balaban J connectivity index is 2.05. The molecule has 0 radical (unpaired) electrons. The molecule has 0 saturated carbocycles. The molecular formula is C22H30N4O5. The van der Waals surface area contributed by atoms with Gasteiger partial charge in [0.25, 0.3) is 5.91 Å². The van der Waals surface area contributed by atoms with Crippen molar-refractivity contribution in [3.63, 3.8) is 0 Å². The standard InChI is InChI=1S/C22H30N4O5/c1-16(2)12-18(31-20(28)24-13-17-8-4-3-5-9-17)19(27)25-22(14-23)10-6-7-11-26(15-22)21(29)30/h3-5,8-9,16,18H,6-7,10-13,15H2,1-2H3,(H,24,28)(H,25,27)(H,29,30). The molecule has 0 spiro atoms. The lowest BCUT2D eigenvalue weighted by atomic mass is 9.94. The van der Waals surface area contributed by atoms with Gasteiger partial charge >= 0.3 is 12.2 Å². The van der Waals surface area contributed by atoms with Gasteiger partial charge in [-0.2, -0.15) is 5.26 Å². The zero-order chi connectivity index (χ0) is 22.9. The Morgan fingerprint density at radius 2 is 1.97 bits per heavy atom. The minimum Gasteiger partial charge on any atom is -0.465 e. The quantitative estimate of drug-likeness (QED) is 0.609. The second-order valence-electron chi connectivity index (χ2n) is 8.21. The van der Waals surface area contributed by atoms with Gasteiger partial charge in [0.2, 0.25) is 0 Å². The summed E-state index contributed by atoms with van der Waals surface area (Å²) < 4.78 is 5.38. The van der Waals surface area contributed by atoms with Crippen LogP contribution in [0.15, 0.2) is 30.3 Å². The molecule has 1 aromatic rings. The van der Waals surface area contributed by atoms with Gasteiger partial charge in [0.05, 0.1) is 12.6 Å². The number of carboxylic acid groups (broad SMARTS) is 1. The van der Waals surface area contributed by atoms with Crippen LogP contribution in [0.3, 0.4) is 0 Å². The van der Waals surface area contributed by atoms with E-state index >= 15 is 0 Å². The molecule has 0 bridgehead atoms. The number of alkyl carbamates (subject to hydrolysis) is 1. The molecule has 1 fully saturated rings. The normalized spacial score (nSPS) is 19.6. The van der Waals surface area contributed by atoms with E-state index in [2.05, 4.69) is 16.7 Å². The van der Waals surface area contributed by atoms with Crippen LogP contribution in [-0.4, -0.2) is 52.8 Å². The molecule has 0 aliphatic carbocycles. The summed E-state index contributed by atoms with van der Waals surface area (Å²) in [5.74, 6) is -0.544. The van der Waals surface area contributed by atoms with Crippen molar-refractivity contribution >= 4 is 18.1 Å². The average Bonchev–Trinajstić information content (AvgIpc) is 2.95. The molecule has 31 heavy (non-hydrogen) atoms. The van der Waals surface area contributed by atoms with Gasteiger partial charge in [0.1, 0.15) is 5.54 Å². The molecular weight excluding hydrogens is 400 g/mol. The fraction of sp³-hybridized carbons (Fsp3) is 0.545. The second kappa shape index (κ2) is 11.2. The Morgan fingerprint density at radius 3 is 2.58 bits per heavy atom. The lowest BCUT2D eigenvalue weighted by Crippen LogP contribution is -2.57. The fourth-order valence-electron chi connectivity index (χ4n) is 3.49. The zero-order valence-corrected chi connectivity index (χ0v) is 18.0. The number of likely N-dealkylation sites (tertiary alicyclic amines) is 1. The van der Waals surface area contributed by atoms with E-state index in [9.17, 15) is 24.8 Å². The van der Waals surface area contributed by atoms with Gasteiger partial charge in [-0.05, 0) is 37.2 Å². The molecule has 9 nitrogen and oxygen atoms in total. The molecule has 1 saturated heterocycles. The lowest BCUT2D eigenvalue weighted by molar-refractivity contribution is -0.132. The number of nitrogens with zero attached hydrogens (tertiary/aromatic N) is 2. The summed E-state index contributed by atoms with van der Waals surface area (Å²) in [5, 5.41) is 24.4. The summed E-state index contributed by atoms with van der Waals surface area (Å²) in [6.07, 6.45) is -1.15. The average molecular weight is 431 g/mol. The van der Waals surface area contributed by atoms with Crippen molar-refractivity contribution in [2.45, 2.75) is 57.7 Å². The number of nitrogens with one attached hydrogen (secondary N) is 2.